The minimum absolute atomic E-state index is 0.0390. The highest BCUT2D eigenvalue weighted by Gasteiger charge is 2.74. The molecule has 1 N–H and O–H groups in total. The third-order valence-electron chi connectivity index (χ3n) is 7.98. The maximum absolute atomic E-state index is 14.1. The lowest BCUT2D eigenvalue weighted by atomic mass is 9.75. The molecule has 0 aliphatic carbocycles. The van der Waals surface area contributed by atoms with Gasteiger partial charge < -0.3 is 10.1 Å². The van der Waals surface area contributed by atoms with Crippen LogP contribution in [0.1, 0.15) is 24.0 Å². The van der Waals surface area contributed by atoms with Crippen LogP contribution in [0.2, 0.25) is 5.02 Å². The number of benzene rings is 2. The molecule has 4 aliphatic rings. The van der Waals surface area contributed by atoms with Gasteiger partial charge in [-0.1, -0.05) is 17.7 Å². The summed E-state index contributed by atoms with van der Waals surface area (Å²) in [5.74, 6) is -2.90. The molecule has 0 aromatic heterocycles. The van der Waals surface area contributed by atoms with Gasteiger partial charge in [0.05, 0.1) is 41.3 Å². The number of rotatable bonds is 3. The van der Waals surface area contributed by atoms with Crippen LogP contribution in [0.4, 0.5) is 17.1 Å². The number of halogens is 1. The Kier molecular flexibility index (Phi) is 4.56. The number of anilines is 2. The summed E-state index contributed by atoms with van der Waals surface area (Å²) in [6.07, 6.45) is 1.48. The van der Waals surface area contributed by atoms with Gasteiger partial charge in [-0.15, -0.1) is 0 Å². The zero-order chi connectivity index (χ0) is 24.8. The van der Waals surface area contributed by atoms with Crippen LogP contribution in [0.25, 0.3) is 0 Å². The summed E-state index contributed by atoms with van der Waals surface area (Å²) >= 11 is 6.33. The highest BCUT2D eigenvalue weighted by molar-refractivity contribution is 6.32. The molecule has 1 spiro atoms. The Balaban J connectivity index is 1.54. The molecule has 3 amide bonds. The maximum Gasteiger partial charge on any atom is 0.273 e. The molecule has 10 nitrogen and oxygen atoms in total. The van der Waals surface area contributed by atoms with Crippen molar-refractivity contribution in [1.29, 1.82) is 0 Å². The summed E-state index contributed by atoms with van der Waals surface area (Å²) in [6, 6.07) is 6.97. The van der Waals surface area contributed by atoms with Crippen LogP contribution in [0.15, 0.2) is 30.3 Å². The topological polar surface area (TPSA) is 122 Å². The van der Waals surface area contributed by atoms with E-state index in [0.717, 1.165) is 11.3 Å². The molecule has 11 heteroatoms. The lowest BCUT2D eigenvalue weighted by molar-refractivity contribution is -0.384. The molecule has 0 saturated carbocycles. The first-order valence-corrected chi connectivity index (χ1v) is 11.7. The van der Waals surface area contributed by atoms with Crippen LogP contribution >= 0.6 is 11.6 Å². The lowest BCUT2D eigenvalue weighted by Crippen LogP contribution is -2.54. The summed E-state index contributed by atoms with van der Waals surface area (Å²) in [5, 5.41) is 14.7. The van der Waals surface area contributed by atoms with Crippen LogP contribution in [0.3, 0.4) is 0 Å². The summed E-state index contributed by atoms with van der Waals surface area (Å²) in [5.41, 5.74) is 0.529. The van der Waals surface area contributed by atoms with Gasteiger partial charge >= 0.3 is 0 Å². The molecule has 2 aromatic carbocycles. The standard InChI is InChI=1S/C24H21ClN4O6/c1-11-14(25)7-6-13-20(11)26-23(32)24(13)19-18(16-4-3-9-27(16)24)21(30)28(22(19)31)15-8-5-12(29(33)34)10-17(15)35-2/h5-8,10,16,18-19H,3-4,9H2,1-2H3,(H,26,32)/t16-,18-,19-,24+/m1/s1. The number of nitro benzene ring substituents is 1. The molecule has 3 saturated heterocycles. The van der Waals surface area contributed by atoms with Gasteiger partial charge in [-0.2, -0.15) is 0 Å². The molecule has 4 atom stereocenters. The van der Waals surface area contributed by atoms with E-state index >= 15 is 0 Å². The Hall–Kier alpha value is -3.50. The normalized spacial score (nSPS) is 28.9. The summed E-state index contributed by atoms with van der Waals surface area (Å²) < 4.78 is 5.32. The molecule has 4 heterocycles. The van der Waals surface area contributed by atoms with Crippen LogP contribution in [-0.2, 0) is 19.9 Å². The minimum Gasteiger partial charge on any atom is -0.494 e. The average molecular weight is 497 g/mol. The first-order chi connectivity index (χ1) is 16.7. The van der Waals surface area contributed by atoms with Crippen molar-refractivity contribution < 1.29 is 24.0 Å². The third-order valence-corrected chi connectivity index (χ3v) is 8.39. The summed E-state index contributed by atoms with van der Waals surface area (Å²) in [6.45, 7) is 2.40. The van der Waals surface area contributed by atoms with Crippen molar-refractivity contribution in [2.75, 3.05) is 23.9 Å². The van der Waals surface area contributed by atoms with Gasteiger partial charge in [-0.3, -0.25) is 29.4 Å². The van der Waals surface area contributed by atoms with Gasteiger partial charge in [-0.05, 0) is 44.0 Å². The molecule has 35 heavy (non-hydrogen) atoms. The molecule has 0 radical (unpaired) electrons. The number of carbonyl (C=O) groups is 3. The number of ether oxygens (including phenoxy) is 1. The van der Waals surface area contributed by atoms with E-state index in [1.54, 1.807) is 12.1 Å². The SMILES string of the molecule is COc1cc([N+](=O)[O-])ccc1N1C(=O)[C@@H]2[C@H]3CCCN3[C@]3(C(=O)Nc4c3ccc(Cl)c4C)[C@H]2C1=O. The highest BCUT2D eigenvalue weighted by Crippen LogP contribution is 2.61. The van der Waals surface area contributed by atoms with Gasteiger partial charge in [0.15, 0.2) is 0 Å². The quantitative estimate of drug-likeness (QED) is 0.393. The van der Waals surface area contributed by atoms with E-state index in [9.17, 15) is 24.5 Å². The summed E-state index contributed by atoms with van der Waals surface area (Å²) in [4.78, 5) is 55.4. The predicted octanol–water partition coefficient (Wildman–Crippen LogP) is 3.00. The van der Waals surface area contributed by atoms with Crippen molar-refractivity contribution in [1.82, 2.24) is 4.90 Å². The molecule has 2 aromatic rings. The lowest BCUT2D eigenvalue weighted by Gasteiger charge is -2.36. The number of hydrogen-bond acceptors (Lipinski definition) is 7. The fourth-order valence-corrected chi connectivity index (χ4v) is 6.75. The number of nitrogens with one attached hydrogen (secondary N) is 1. The van der Waals surface area contributed by atoms with Gasteiger partial charge in [0.2, 0.25) is 17.7 Å². The van der Waals surface area contributed by atoms with Crippen LogP contribution in [-0.4, -0.2) is 47.2 Å². The van der Waals surface area contributed by atoms with Crippen LogP contribution in [0, 0.1) is 28.9 Å². The van der Waals surface area contributed by atoms with Gasteiger partial charge in [0, 0.05) is 22.7 Å². The second-order valence-electron chi connectivity index (χ2n) is 9.35. The molecule has 3 fully saturated rings. The van der Waals surface area contributed by atoms with Crippen molar-refractivity contribution in [2.45, 2.75) is 31.3 Å². The molecule has 180 valence electrons. The zero-order valence-corrected chi connectivity index (χ0v) is 19.7. The average Bonchev–Trinajstić information content (AvgIpc) is 3.54. The Morgan fingerprint density at radius 1 is 1.20 bits per heavy atom. The fourth-order valence-electron chi connectivity index (χ4n) is 6.59. The molecule has 0 bridgehead atoms. The van der Waals surface area contributed by atoms with E-state index in [1.165, 1.54) is 25.3 Å². The van der Waals surface area contributed by atoms with Crippen molar-refractivity contribution in [2.24, 2.45) is 11.8 Å². The molecular weight excluding hydrogens is 476 g/mol. The number of methoxy groups -OCH3 is 1. The van der Waals surface area contributed by atoms with E-state index in [1.807, 2.05) is 11.8 Å². The van der Waals surface area contributed by atoms with Gasteiger partial charge in [0.25, 0.3) is 5.69 Å². The first kappa shape index (κ1) is 22.0. The zero-order valence-electron chi connectivity index (χ0n) is 18.9. The van der Waals surface area contributed by atoms with Crippen molar-refractivity contribution >= 4 is 46.4 Å². The number of nitrogens with zero attached hydrogens (tertiary/aromatic N) is 3. The van der Waals surface area contributed by atoms with E-state index in [4.69, 9.17) is 16.3 Å². The van der Waals surface area contributed by atoms with Gasteiger partial charge in [-0.25, -0.2) is 4.90 Å². The number of carbonyl (C=O) groups excluding carboxylic acids is 3. The fraction of sp³-hybridized carbons (Fsp3) is 0.375. The number of amides is 3. The van der Waals surface area contributed by atoms with E-state index < -0.39 is 34.1 Å². The van der Waals surface area contributed by atoms with Crippen LogP contribution in [0.5, 0.6) is 5.75 Å². The highest BCUT2D eigenvalue weighted by atomic mass is 35.5. The van der Waals surface area contributed by atoms with Crippen molar-refractivity contribution in [3.63, 3.8) is 0 Å². The number of hydrogen-bond donors (Lipinski definition) is 1. The number of imide groups is 1. The third kappa shape index (κ3) is 2.55. The minimum atomic E-state index is -1.33. The van der Waals surface area contributed by atoms with E-state index in [2.05, 4.69) is 5.32 Å². The Labute approximate surface area is 204 Å². The van der Waals surface area contributed by atoms with Crippen molar-refractivity contribution in [3.05, 3.63) is 56.6 Å². The van der Waals surface area contributed by atoms with E-state index in [0.29, 0.717) is 34.8 Å². The molecular formula is C24H21ClN4O6. The Bertz CT molecular complexity index is 1360. The number of non-ortho nitro benzene ring substituents is 1. The molecule has 0 unspecified atom stereocenters. The Morgan fingerprint density at radius 2 is 1.97 bits per heavy atom. The monoisotopic (exact) mass is 496 g/mol. The van der Waals surface area contributed by atoms with E-state index in [-0.39, 0.29) is 29.1 Å². The predicted molar refractivity (Wildman–Crippen MR) is 125 cm³/mol. The van der Waals surface area contributed by atoms with Gasteiger partial charge in [0.1, 0.15) is 11.3 Å². The van der Waals surface area contributed by atoms with Crippen molar-refractivity contribution in [3.8, 4) is 5.75 Å². The maximum atomic E-state index is 14.1. The first-order valence-electron chi connectivity index (χ1n) is 11.3. The summed E-state index contributed by atoms with van der Waals surface area (Å²) in [7, 11) is 1.32. The largest absolute Gasteiger partial charge is 0.494 e. The smallest absolute Gasteiger partial charge is 0.273 e. The number of fused-ring (bicyclic) bond motifs is 7. The molecule has 6 rings (SSSR count). The Morgan fingerprint density at radius 3 is 2.69 bits per heavy atom. The number of nitro groups is 1. The molecule has 4 aliphatic heterocycles. The second kappa shape index (κ2) is 7.25. The second-order valence-corrected chi connectivity index (χ2v) is 9.75. The van der Waals surface area contributed by atoms with Crippen LogP contribution < -0.4 is 15.0 Å².